The monoisotopic (exact) mass is 336 g/mol. The van der Waals surface area contributed by atoms with E-state index >= 15 is 0 Å². The Bertz CT molecular complexity index is 520. The molecule has 1 saturated carbocycles. The average Bonchev–Trinajstić information content (AvgIpc) is 2.77. The molecule has 2 heterocycles. The highest BCUT2D eigenvalue weighted by atomic mass is 16.2. The number of hydrogen-bond donors (Lipinski definition) is 2. The Morgan fingerprint density at radius 3 is 2.46 bits per heavy atom. The Balaban J connectivity index is 1.56. The summed E-state index contributed by atoms with van der Waals surface area (Å²) in [7, 11) is 2.07. The number of rotatable bonds is 3. The number of urea groups is 1. The Morgan fingerprint density at radius 1 is 1.21 bits per heavy atom. The zero-order valence-electron chi connectivity index (χ0n) is 14.6. The van der Waals surface area contributed by atoms with Crippen molar-refractivity contribution < 1.29 is 14.4 Å². The smallest absolute Gasteiger partial charge is 0.325 e. The van der Waals surface area contributed by atoms with Crippen molar-refractivity contribution in [1.82, 2.24) is 20.4 Å². The summed E-state index contributed by atoms with van der Waals surface area (Å²) in [5, 5.41) is 5.82. The second-order valence-corrected chi connectivity index (χ2v) is 7.73. The summed E-state index contributed by atoms with van der Waals surface area (Å²) in [5.74, 6) is 0.120. The van der Waals surface area contributed by atoms with Crippen LogP contribution >= 0.6 is 0 Å². The van der Waals surface area contributed by atoms with Crippen LogP contribution in [0.5, 0.6) is 0 Å². The quantitative estimate of drug-likeness (QED) is 0.743. The van der Waals surface area contributed by atoms with Gasteiger partial charge < -0.3 is 15.5 Å². The molecule has 0 atom stereocenters. The minimum Gasteiger partial charge on any atom is -0.352 e. The lowest BCUT2D eigenvalue weighted by molar-refractivity contribution is -0.136. The summed E-state index contributed by atoms with van der Waals surface area (Å²) >= 11 is 0. The van der Waals surface area contributed by atoms with Gasteiger partial charge in [0.15, 0.2) is 0 Å². The van der Waals surface area contributed by atoms with Crippen LogP contribution in [-0.2, 0) is 9.59 Å². The minimum atomic E-state index is -0.766. The van der Waals surface area contributed by atoms with Gasteiger partial charge in [-0.05, 0) is 64.6 Å². The van der Waals surface area contributed by atoms with Crippen molar-refractivity contribution in [2.24, 2.45) is 5.92 Å². The number of carbonyl (C=O) groups is 3. The van der Waals surface area contributed by atoms with Crippen LogP contribution in [0.4, 0.5) is 4.79 Å². The molecule has 0 aromatic rings. The predicted octanol–water partition coefficient (Wildman–Crippen LogP) is 0.698. The van der Waals surface area contributed by atoms with Crippen LogP contribution < -0.4 is 10.6 Å². The molecule has 1 aliphatic carbocycles. The molecule has 2 aliphatic heterocycles. The van der Waals surface area contributed by atoms with E-state index in [0.29, 0.717) is 18.8 Å². The van der Waals surface area contributed by atoms with Gasteiger partial charge in [0.05, 0.1) is 0 Å². The van der Waals surface area contributed by atoms with E-state index < -0.39 is 11.6 Å². The van der Waals surface area contributed by atoms with Crippen molar-refractivity contribution >= 4 is 17.8 Å². The number of piperidine rings is 1. The first kappa shape index (κ1) is 17.2. The van der Waals surface area contributed by atoms with Crippen molar-refractivity contribution in [3.05, 3.63) is 0 Å². The fourth-order valence-electron chi connectivity index (χ4n) is 3.98. The van der Waals surface area contributed by atoms with E-state index in [-0.39, 0.29) is 24.4 Å². The second kappa shape index (κ2) is 6.70. The highest BCUT2D eigenvalue weighted by molar-refractivity contribution is 6.09. The van der Waals surface area contributed by atoms with Crippen molar-refractivity contribution in [3.8, 4) is 0 Å². The molecule has 0 bridgehead atoms. The normalized spacial score (nSPS) is 32.2. The molecule has 2 N–H and O–H groups in total. The van der Waals surface area contributed by atoms with Gasteiger partial charge in [-0.1, -0.05) is 6.92 Å². The van der Waals surface area contributed by atoms with E-state index in [1.165, 1.54) is 0 Å². The van der Waals surface area contributed by atoms with Crippen LogP contribution in [0.2, 0.25) is 0 Å². The highest BCUT2D eigenvalue weighted by Gasteiger charge is 2.52. The maximum atomic E-state index is 12.7. The van der Waals surface area contributed by atoms with Crippen LogP contribution in [0.1, 0.15) is 45.4 Å². The maximum absolute atomic E-state index is 12.7. The summed E-state index contributed by atoms with van der Waals surface area (Å²) in [6, 6.07) is -0.285. The largest absolute Gasteiger partial charge is 0.352 e. The topological polar surface area (TPSA) is 81.8 Å². The van der Waals surface area contributed by atoms with Crippen molar-refractivity contribution in [3.63, 3.8) is 0 Å². The van der Waals surface area contributed by atoms with E-state index in [1.54, 1.807) is 0 Å². The summed E-state index contributed by atoms with van der Waals surface area (Å²) in [6.07, 6.45) is 5.02. The first-order valence-corrected chi connectivity index (χ1v) is 9.02. The van der Waals surface area contributed by atoms with E-state index in [9.17, 15) is 14.4 Å². The Morgan fingerprint density at radius 2 is 1.83 bits per heavy atom. The molecule has 7 heteroatoms. The fraction of sp³-hybridized carbons (Fsp3) is 0.824. The molecule has 7 nitrogen and oxygen atoms in total. The van der Waals surface area contributed by atoms with Gasteiger partial charge in [-0.3, -0.25) is 14.5 Å². The number of amides is 4. The molecule has 3 fully saturated rings. The zero-order chi connectivity index (χ0) is 17.3. The minimum absolute atomic E-state index is 0.138. The molecular weight excluding hydrogens is 308 g/mol. The predicted molar refractivity (Wildman–Crippen MR) is 89.3 cm³/mol. The third kappa shape index (κ3) is 3.41. The highest BCUT2D eigenvalue weighted by Crippen LogP contribution is 2.36. The zero-order valence-corrected chi connectivity index (χ0v) is 14.6. The van der Waals surface area contributed by atoms with E-state index in [4.69, 9.17) is 0 Å². The van der Waals surface area contributed by atoms with Gasteiger partial charge in [0.1, 0.15) is 12.1 Å². The summed E-state index contributed by atoms with van der Waals surface area (Å²) < 4.78 is 0. The van der Waals surface area contributed by atoms with Gasteiger partial charge in [0, 0.05) is 6.04 Å². The van der Waals surface area contributed by atoms with Gasteiger partial charge in [-0.25, -0.2) is 4.79 Å². The lowest BCUT2D eigenvalue weighted by Gasteiger charge is -2.33. The van der Waals surface area contributed by atoms with Crippen molar-refractivity contribution in [1.29, 1.82) is 0 Å². The summed E-state index contributed by atoms with van der Waals surface area (Å²) in [4.78, 5) is 40.5. The Kier molecular flexibility index (Phi) is 4.80. The third-order valence-corrected chi connectivity index (χ3v) is 5.76. The number of nitrogens with zero attached hydrogens (tertiary/aromatic N) is 2. The lowest BCUT2D eigenvalue weighted by atomic mass is 9.77. The molecule has 134 valence electrons. The van der Waals surface area contributed by atoms with E-state index in [1.807, 2.05) is 0 Å². The van der Waals surface area contributed by atoms with Gasteiger partial charge in [-0.2, -0.15) is 0 Å². The molecule has 4 amide bonds. The number of hydrogen-bond acceptors (Lipinski definition) is 4. The molecule has 3 rings (SSSR count). The van der Waals surface area contributed by atoms with Crippen LogP contribution in [0.25, 0.3) is 0 Å². The third-order valence-electron chi connectivity index (χ3n) is 5.76. The van der Waals surface area contributed by atoms with Gasteiger partial charge in [-0.15, -0.1) is 0 Å². The second-order valence-electron chi connectivity index (χ2n) is 7.73. The molecule has 24 heavy (non-hydrogen) atoms. The lowest BCUT2D eigenvalue weighted by Crippen LogP contribution is -2.50. The number of nitrogens with one attached hydrogen (secondary N) is 2. The molecule has 3 aliphatic rings. The molecular formula is C17H28N4O3. The van der Waals surface area contributed by atoms with E-state index in [2.05, 4.69) is 29.5 Å². The summed E-state index contributed by atoms with van der Waals surface area (Å²) in [5.41, 5.74) is -0.766. The SMILES string of the molecule is CC1CCC2(CC1)NC(=O)N(CC(=O)NC1CCN(C)CC1)C2=O. The maximum Gasteiger partial charge on any atom is 0.325 e. The Labute approximate surface area is 143 Å². The fourth-order valence-corrected chi connectivity index (χ4v) is 3.98. The first-order chi connectivity index (χ1) is 11.4. The average molecular weight is 336 g/mol. The first-order valence-electron chi connectivity index (χ1n) is 9.02. The number of likely N-dealkylation sites (tertiary alicyclic amines) is 1. The molecule has 0 radical (unpaired) electrons. The van der Waals surface area contributed by atoms with Crippen LogP contribution in [0, 0.1) is 5.92 Å². The molecule has 1 spiro atoms. The van der Waals surface area contributed by atoms with Gasteiger partial charge in [0.2, 0.25) is 5.91 Å². The molecule has 0 unspecified atom stereocenters. The standard InChI is InChI=1S/C17H28N4O3/c1-12-3-7-17(8-4-12)15(23)21(16(24)19-17)11-14(22)18-13-5-9-20(2)10-6-13/h12-13H,3-11H2,1-2H3,(H,18,22)(H,19,24). The number of imide groups is 1. The van der Waals surface area contributed by atoms with Gasteiger partial charge in [0.25, 0.3) is 5.91 Å². The molecule has 0 aromatic heterocycles. The molecule has 0 aromatic carbocycles. The van der Waals surface area contributed by atoms with Gasteiger partial charge >= 0.3 is 6.03 Å². The van der Waals surface area contributed by atoms with Crippen molar-refractivity contribution in [2.45, 2.75) is 57.0 Å². The van der Waals surface area contributed by atoms with Crippen molar-refractivity contribution in [2.75, 3.05) is 26.7 Å². The molecule has 2 saturated heterocycles. The Hall–Kier alpha value is -1.63. The van der Waals surface area contributed by atoms with Crippen LogP contribution in [-0.4, -0.2) is 65.9 Å². The van der Waals surface area contributed by atoms with E-state index in [0.717, 1.165) is 43.7 Å². The summed E-state index contributed by atoms with van der Waals surface area (Å²) in [6.45, 7) is 3.90. The van der Waals surface area contributed by atoms with Crippen LogP contribution in [0.3, 0.4) is 0 Å². The van der Waals surface area contributed by atoms with Crippen LogP contribution in [0.15, 0.2) is 0 Å². The number of carbonyl (C=O) groups excluding carboxylic acids is 3.